The quantitative estimate of drug-likeness (QED) is 0.788. The Balaban J connectivity index is 2.09. The van der Waals surface area contributed by atoms with Crippen LogP contribution in [0.5, 0.6) is 0 Å². The summed E-state index contributed by atoms with van der Waals surface area (Å²) in [5, 5.41) is 9.29. The highest BCUT2D eigenvalue weighted by Crippen LogP contribution is 2.28. The zero-order valence-electron chi connectivity index (χ0n) is 12.7. The van der Waals surface area contributed by atoms with Crippen LogP contribution in [0, 0.1) is 5.92 Å². The van der Waals surface area contributed by atoms with E-state index in [9.17, 15) is 9.90 Å². The first-order valence-electron chi connectivity index (χ1n) is 7.39. The molecule has 0 saturated carbocycles. The van der Waals surface area contributed by atoms with E-state index in [2.05, 4.69) is 4.90 Å². The second kappa shape index (κ2) is 6.00. The Morgan fingerprint density at radius 3 is 2.90 bits per heavy atom. The Morgan fingerprint density at radius 2 is 2.25 bits per heavy atom. The lowest BCUT2D eigenvalue weighted by molar-refractivity contribution is -0.149. The fourth-order valence-electron chi connectivity index (χ4n) is 2.67. The summed E-state index contributed by atoms with van der Waals surface area (Å²) in [7, 11) is 0. The van der Waals surface area contributed by atoms with Gasteiger partial charge in [0, 0.05) is 25.4 Å². The van der Waals surface area contributed by atoms with E-state index in [0.717, 1.165) is 32.4 Å². The van der Waals surface area contributed by atoms with Crippen molar-refractivity contribution in [3.63, 3.8) is 0 Å². The summed E-state index contributed by atoms with van der Waals surface area (Å²) in [6.45, 7) is 7.69. The second-order valence-corrected chi connectivity index (χ2v) is 6.62. The van der Waals surface area contributed by atoms with Crippen molar-refractivity contribution in [1.82, 2.24) is 4.90 Å². The molecule has 112 valence electrons. The number of carbonyl (C=O) groups is 1. The van der Waals surface area contributed by atoms with Crippen molar-refractivity contribution < 1.29 is 14.6 Å². The van der Waals surface area contributed by atoms with Crippen LogP contribution >= 0.6 is 0 Å². The van der Waals surface area contributed by atoms with Crippen molar-refractivity contribution in [3.8, 4) is 0 Å². The predicted octanol–water partition coefficient (Wildman–Crippen LogP) is 2.25. The van der Waals surface area contributed by atoms with Gasteiger partial charge in [-0.25, -0.2) is 4.79 Å². The van der Waals surface area contributed by atoms with Crippen molar-refractivity contribution in [1.29, 1.82) is 0 Å². The standard InChI is InChI=1S/C16H25NO3/c1-16(2,3)20-15(19)13-5-4-8-17-10-12(11-18)6-7-14(17)9-13/h5,9,12,18H,4,6-8,10-11H2,1-3H3. The Hall–Kier alpha value is -1.29. The molecule has 0 aromatic carbocycles. The van der Waals surface area contributed by atoms with Crippen molar-refractivity contribution in [2.75, 3.05) is 19.7 Å². The van der Waals surface area contributed by atoms with E-state index in [-0.39, 0.29) is 12.6 Å². The van der Waals surface area contributed by atoms with E-state index >= 15 is 0 Å². The van der Waals surface area contributed by atoms with Gasteiger partial charge in [0.25, 0.3) is 0 Å². The van der Waals surface area contributed by atoms with Crippen LogP contribution in [0.1, 0.15) is 40.0 Å². The maximum Gasteiger partial charge on any atom is 0.338 e. The number of aliphatic hydroxyl groups is 1. The van der Waals surface area contributed by atoms with Gasteiger partial charge in [-0.2, -0.15) is 0 Å². The van der Waals surface area contributed by atoms with Gasteiger partial charge >= 0.3 is 5.97 Å². The third-order valence-corrected chi connectivity index (χ3v) is 3.67. The molecule has 0 aromatic rings. The second-order valence-electron chi connectivity index (χ2n) is 6.62. The molecule has 4 nitrogen and oxygen atoms in total. The number of allylic oxidation sites excluding steroid dienone is 1. The zero-order valence-corrected chi connectivity index (χ0v) is 12.7. The lowest BCUT2D eigenvalue weighted by Gasteiger charge is -2.35. The first kappa shape index (κ1) is 15.1. The molecule has 2 rings (SSSR count). The number of fused-ring (bicyclic) bond motifs is 1. The topological polar surface area (TPSA) is 49.8 Å². The van der Waals surface area contributed by atoms with E-state index in [4.69, 9.17) is 4.74 Å². The number of rotatable bonds is 2. The van der Waals surface area contributed by atoms with Crippen LogP contribution < -0.4 is 0 Å². The van der Waals surface area contributed by atoms with Crippen LogP contribution in [0.25, 0.3) is 0 Å². The maximum absolute atomic E-state index is 12.2. The number of carbonyl (C=O) groups excluding carboxylic acids is 1. The highest BCUT2D eigenvalue weighted by atomic mass is 16.6. The van der Waals surface area contributed by atoms with Gasteiger partial charge in [0.2, 0.25) is 0 Å². The monoisotopic (exact) mass is 279 g/mol. The number of esters is 1. The van der Waals surface area contributed by atoms with E-state index in [1.165, 1.54) is 5.70 Å². The van der Waals surface area contributed by atoms with E-state index in [1.54, 1.807) is 0 Å². The van der Waals surface area contributed by atoms with Gasteiger partial charge in [-0.3, -0.25) is 0 Å². The molecule has 2 aliphatic heterocycles. The number of ether oxygens (including phenoxy) is 1. The van der Waals surface area contributed by atoms with Gasteiger partial charge in [-0.15, -0.1) is 0 Å². The Bertz CT molecular complexity index is 431. The molecule has 1 fully saturated rings. The van der Waals surface area contributed by atoms with Crippen molar-refractivity contribution >= 4 is 5.97 Å². The van der Waals surface area contributed by atoms with Crippen molar-refractivity contribution in [2.45, 2.75) is 45.6 Å². The largest absolute Gasteiger partial charge is 0.456 e. The maximum atomic E-state index is 12.2. The molecule has 1 N–H and O–H groups in total. The fourth-order valence-corrected chi connectivity index (χ4v) is 2.67. The Kier molecular flexibility index (Phi) is 4.53. The Labute approximate surface area is 121 Å². The molecule has 0 radical (unpaired) electrons. The lowest BCUT2D eigenvalue weighted by Crippen LogP contribution is -2.35. The highest BCUT2D eigenvalue weighted by molar-refractivity contribution is 5.92. The number of aliphatic hydroxyl groups excluding tert-OH is 1. The van der Waals surface area contributed by atoms with Crippen LogP contribution in [-0.4, -0.2) is 41.3 Å². The molecule has 4 heteroatoms. The minimum atomic E-state index is -0.461. The van der Waals surface area contributed by atoms with Crippen molar-refractivity contribution in [2.24, 2.45) is 5.92 Å². The average Bonchev–Trinajstić information content (AvgIpc) is 2.57. The normalized spacial score (nSPS) is 23.4. The Morgan fingerprint density at radius 1 is 1.50 bits per heavy atom. The van der Waals surface area contributed by atoms with E-state index in [0.29, 0.717) is 11.5 Å². The number of nitrogens with zero attached hydrogens (tertiary/aromatic N) is 1. The summed E-state index contributed by atoms with van der Waals surface area (Å²) in [5.74, 6) is 0.117. The molecular weight excluding hydrogens is 254 g/mol. The minimum absolute atomic E-state index is 0.240. The van der Waals surface area contributed by atoms with E-state index in [1.807, 2.05) is 32.9 Å². The van der Waals surface area contributed by atoms with Crippen LogP contribution in [0.15, 0.2) is 23.4 Å². The molecule has 0 spiro atoms. The highest BCUT2D eigenvalue weighted by Gasteiger charge is 2.26. The zero-order chi connectivity index (χ0) is 14.8. The van der Waals surface area contributed by atoms with Gasteiger partial charge < -0.3 is 14.7 Å². The van der Waals surface area contributed by atoms with Gasteiger partial charge in [0.1, 0.15) is 5.60 Å². The van der Waals surface area contributed by atoms with Crippen LogP contribution in [0.3, 0.4) is 0 Å². The summed E-state index contributed by atoms with van der Waals surface area (Å²) < 4.78 is 5.44. The van der Waals surface area contributed by atoms with Crippen LogP contribution in [0.4, 0.5) is 0 Å². The molecule has 0 bridgehead atoms. The molecule has 20 heavy (non-hydrogen) atoms. The summed E-state index contributed by atoms with van der Waals surface area (Å²) in [6.07, 6.45) is 6.68. The molecule has 1 atom stereocenters. The summed E-state index contributed by atoms with van der Waals surface area (Å²) >= 11 is 0. The number of piperidine rings is 1. The van der Waals surface area contributed by atoms with Crippen LogP contribution in [0.2, 0.25) is 0 Å². The van der Waals surface area contributed by atoms with Crippen molar-refractivity contribution in [3.05, 3.63) is 23.4 Å². The first-order chi connectivity index (χ1) is 9.39. The number of hydrogen-bond donors (Lipinski definition) is 1. The minimum Gasteiger partial charge on any atom is -0.456 e. The SMILES string of the molecule is CC(C)(C)OC(=O)C1=CCCN2CC(CO)CCC2=C1. The molecule has 0 aromatic heterocycles. The molecule has 1 unspecified atom stereocenters. The van der Waals surface area contributed by atoms with Gasteiger partial charge in [0.05, 0.1) is 5.57 Å². The molecule has 2 heterocycles. The van der Waals surface area contributed by atoms with Gasteiger partial charge in [0.15, 0.2) is 0 Å². The lowest BCUT2D eigenvalue weighted by atomic mass is 9.96. The van der Waals surface area contributed by atoms with Gasteiger partial charge in [-0.05, 0) is 52.0 Å². The summed E-state index contributed by atoms with van der Waals surface area (Å²) in [6, 6.07) is 0. The van der Waals surface area contributed by atoms with Gasteiger partial charge in [-0.1, -0.05) is 6.08 Å². The summed E-state index contributed by atoms with van der Waals surface area (Å²) in [5.41, 5.74) is 1.40. The third kappa shape index (κ3) is 3.85. The molecule has 0 aliphatic carbocycles. The predicted molar refractivity (Wildman–Crippen MR) is 78.0 cm³/mol. The smallest absolute Gasteiger partial charge is 0.338 e. The third-order valence-electron chi connectivity index (χ3n) is 3.67. The molecule has 0 amide bonds. The summed E-state index contributed by atoms with van der Waals surface area (Å²) in [4.78, 5) is 14.5. The fraction of sp³-hybridized carbons (Fsp3) is 0.688. The molecular formula is C16H25NO3. The van der Waals surface area contributed by atoms with E-state index < -0.39 is 5.60 Å². The molecule has 1 saturated heterocycles. The average molecular weight is 279 g/mol. The number of hydrogen-bond acceptors (Lipinski definition) is 4. The first-order valence-corrected chi connectivity index (χ1v) is 7.39. The van der Waals surface area contributed by atoms with Crippen LogP contribution in [-0.2, 0) is 9.53 Å². The molecule has 2 aliphatic rings.